The number of hydrogen-bond donors (Lipinski definition) is 1. The molecule has 1 aromatic carbocycles. The summed E-state index contributed by atoms with van der Waals surface area (Å²) in [5.41, 5.74) is 3.10. The smallest absolute Gasteiger partial charge is 0.424 e. The highest BCUT2D eigenvalue weighted by Crippen LogP contribution is 2.25. The molecule has 0 saturated heterocycles. The van der Waals surface area contributed by atoms with Crippen LogP contribution in [0.25, 0.3) is 0 Å². The number of rotatable bonds is 16. The third-order valence-electron chi connectivity index (χ3n) is 6.47. The first kappa shape index (κ1) is 29.4. The van der Waals surface area contributed by atoms with Crippen molar-refractivity contribution in [1.82, 2.24) is 9.55 Å². The summed E-state index contributed by atoms with van der Waals surface area (Å²) in [6.07, 6.45) is 12.2. The van der Waals surface area contributed by atoms with Crippen molar-refractivity contribution in [3.63, 3.8) is 0 Å². The van der Waals surface area contributed by atoms with E-state index in [0.717, 1.165) is 65.0 Å². The molecule has 0 amide bonds. The lowest BCUT2D eigenvalue weighted by Crippen LogP contribution is -2.23. The number of carbonyl (C=O) groups is 1. The van der Waals surface area contributed by atoms with Crippen LogP contribution in [0, 0.1) is 0 Å². The first-order valence-electron chi connectivity index (χ1n) is 13.8. The van der Waals surface area contributed by atoms with Crippen molar-refractivity contribution < 1.29 is 19.4 Å². The Hall–Kier alpha value is -3.13. The van der Waals surface area contributed by atoms with Gasteiger partial charge in [-0.3, -0.25) is 9.78 Å². The van der Waals surface area contributed by atoms with E-state index in [1.807, 2.05) is 36.5 Å². The summed E-state index contributed by atoms with van der Waals surface area (Å²) in [6, 6.07) is 11.6. The summed E-state index contributed by atoms with van der Waals surface area (Å²) in [6.45, 7) is 5.07. The highest BCUT2D eigenvalue weighted by molar-refractivity contribution is 7.09. The SMILES string of the molecule is CCCCCCCCCCOC(=O)n1c(O)c(Cc2ccc(OCCc3ccc(CC)cn3)cc2)sc1=O. The summed E-state index contributed by atoms with van der Waals surface area (Å²) < 4.78 is 11.8. The van der Waals surface area contributed by atoms with E-state index in [0.29, 0.717) is 17.9 Å². The average Bonchev–Trinajstić information content (AvgIpc) is 3.21. The molecule has 0 radical (unpaired) electrons. The van der Waals surface area contributed by atoms with E-state index in [9.17, 15) is 14.7 Å². The second-order valence-corrected chi connectivity index (χ2v) is 10.5. The Morgan fingerprint density at radius 3 is 2.26 bits per heavy atom. The molecule has 0 saturated carbocycles. The van der Waals surface area contributed by atoms with Crippen LogP contribution in [0.15, 0.2) is 47.4 Å². The summed E-state index contributed by atoms with van der Waals surface area (Å²) >= 11 is 0.857. The van der Waals surface area contributed by atoms with E-state index in [2.05, 4.69) is 24.9 Å². The van der Waals surface area contributed by atoms with Crippen LogP contribution in [0.4, 0.5) is 4.79 Å². The van der Waals surface area contributed by atoms with Gasteiger partial charge in [-0.15, -0.1) is 0 Å². The molecule has 0 bridgehead atoms. The molecule has 0 spiro atoms. The molecule has 2 aromatic heterocycles. The van der Waals surface area contributed by atoms with Gasteiger partial charge >= 0.3 is 11.0 Å². The minimum Gasteiger partial charge on any atom is -0.493 e. The van der Waals surface area contributed by atoms with Crippen molar-refractivity contribution in [2.24, 2.45) is 0 Å². The maximum absolute atomic E-state index is 12.4. The predicted molar refractivity (Wildman–Crippen MR) is 152 cm³/mol. The zero-order valence-electron chi connectivity index (χ0n) is 22.6. The first-order chi connectivity index (χ1) is 18.5. The molecule has 0 aliphatic rings. The van der Waals surface area contributed by atoms with E-state index in [-0.39, 0.29) is 12.5 Å². The monoisotopic (exact) mass is 540 g/mol. The number of benzene rings is 1. The lowest BCUT2D eigenvalue weighted by molar-refractivity contribution is 0.142. The number of aromatic hydroxyl groups is 1. The van der Waals surface area contributed by atoms with E-state index in [4.69, 9.17) is 9.47 Å². The standard InChI is InChI=1S/C30H40N2O5S/c1-3-5-6-7-8-9-10-11-19-37-29(34)32-28(33)27(38-30(32)35)21-24-13-16-26(17-14-24)36-20-18-25-15-12-23(4-2)22-31-25/h12-17,22,33H,3-11,18-21H2,1-2H3. The molecular weight excluding hydrogens is 500 g/mol. The van der Waals surface area contributed by atoms with Gasteiger partial charge in [0.1, 0.15) is 5.75 Å². The van der Waals surface area contributed by atoms with Crippen LogP contribution in [0.2, 0.25) is 0 Å². The van der Waals surface area contributed by atoms with Crippen LogP contribution in [-0.2, 0) is 24.0 Å². The van der Waals surface area contributed by atoms with Gasteiger partial charge in [-0.1, -0.05) is 88.3 Å². The fraction of sp³-hybridized carbons (Fsp3) is 0.500. The molecule has 7 nitrogen and oxygen atoms in total. The van der Waals surface area contributed by atoms with Crippen molar-refractivity contribution in [2.75, 3.05) is 13.2 Å². The number of hydrogen-bond acceptors (Lipinski definition) is 7. The lowest BCUT2D eigenvalue weighted by Gasteiger charge is -2.08. The number of thiazole rings is 1. The minimum absolute atomic E-state index is 0.242. The normalized spacial score (nSPS) is 11.0. The van der Waals surface area contributed by atoms with Gasteiger partial charge in [-0.25, -0.2) is 4.79 Å². The zero-order chi connectivity index (χ0) is 27.2. The molecule has 1 N–H and O–H groups in total. The van der Waals surface area contributed by atoms with Gasteiger partial charge in [0.05, 0.1) is 18.1 Å². The van der Waals surface area contributed by atoms with Gasteiger partial charge in [-0.2, -0.15) is 4.57 Å². The molecule has 206 valence electrons. The van der Waals surface area contributed by atoms with Crippen LogP contribution in [0.1, 0.15) is 86.9 Å². The summed E-state index contributed by atoms with van der Waals surface area (Å²) in [4.78, 5) is 29.1. The van der Waals surface area contributed by atoms with Crippen LogP contribution in [0.3, 0.4) is 0 Å². The zero-order valence-corrected chi connectivity index (χ0v) is 23.4. The van der Waals surface area contributed by atoms with Gasteiger partial charge < -0.3 is 14.6 Å². The second-order valence-electron chi connectivity index (χ2n) is 9.47. The van der Waals surface area contributed by atoms with Crippen molar-refractivity contribution in [3.05, 3.63) is 74.0 Å². The highest BCUT2D eigenvalue weighted by Gasteiger charge is 2.21. The van der Waals surface area contributed by atoms with Gasteiger partial charge in [-0.05, 0) is 42.2 Å². The molecule has 8 heteroatoms. The van der Waals surface area contributed by atoms with Crippen molar-refractivity contribution in [2.45, 2.75) is 84.5 Å². The summed E-state index contributed by atoms with van der Waals surface area (Å²) in [5.74, 6) is 0.390. The molecule has 0 atom stereocenters. The van der Waals surface area contributed by atoms with E-state index >= 15 is 0 Å². The van der Waals surface area contributed by atoms with Gasteiger partial charge in [0.2, 0.25) is 5.88 Å². The van der Waals surface area contributed by atoms with Crippen molar-refractivity contribution >= 4 is 17.4 Å². The second kappa shape index (κ2) is 16.0. The Morgan fingerprint density at radius 1 is 0.921 bits per heavy atom. The summed E-state index contributed by atoms with van der Waals surface area (Å²) in [7, 11) is 0. The maximum atomic E-state index is 12.4. The quantitative estimate of drug-likeness (QED) is 0.199. The number of ether oxygens (including phenoxy) is 2. The minimum atomic E-state index is -0.819. The Kier molecular flexibility index (Phi) is 12.4. The molecule has 3 rings (SSSR count). The maximum Gasteiger partial charge on any atom is 0.424 e. The third kappa shape index (κ3) is 9.31. The number of aryl methyl sites for hydroxylation is 1. The molecule has 2 heterocycles. The number of unbranched alkanes of at least 4 members (excludes halogenated alkanes) is 7. The molecule has 0 fully saturated rings. The van der Waals surface area contributed by atoms with E-state index in [1.54, 1.807) is 0 Å². The summed E-state index contributed by atoms with van der Waals surface area (Å²) in [5, 5.41) is 10.5. The van der Waals surface area contributed by atoms with Crippen LogP contribution < -0.4 is 9.61 Å². The number of nitrogens with zero attached hydrogens (tertiary/aromatic N) is 2. The van der Waals surface area contributed by atoms with E-state index in [1.165, 1.54) is 37.7 Å². The number of aromatic nitrogens is 2. The molecular formula is C30H40N2O5S. The number of pyridine rings is 1. The fourth-order valence-electron chi connectivity index (χ4n) is 4.12. The third-order valence-corrected chi connectivity index (χ3v) is 7.40. The van der Waals surface area contributed by atoms with Gasteiger partial charge in [0.25, 0.3) is 0 Å². The predicted octanol–water partition coefficient (Wildman–Crippen LogP) is 6.91. The van der Waals surface area contributed by atoms with Crippen LogP contribution >= 0.6 is 11.3 Å². The van der Waals surface area contributed by atoms with Crippen molar-refractivity contribution in [3.8, 4) is 11.6 Å². The highest BCUT2D eigenvalue weighted by atomic mass is 32.1. The molecule has 3 aromatic rings. The van der Waals surface area contributed by atoms with Crippen molar-refractivity contribution in [1.29, 1.82) is 0 Å². The largest absolute Gasteiger partial charge is 0.493 e. The lowest BCUT2D eigenvalue weighted by atomic mass is 10.1. The Balaban J connectivity index is 1.42. The average molecular weight is 541 g/mol. The topological polar surface area (TPSA) is 90.7 Å². The Bertz CT molecular complexity index is 1170. The first-order valence-corrected chi connectivity index (χ1v) is 14.6. The number of carbonyl (C=O) groups excluding carboxylic acids is 1. The van der Waals surface area contributed by atoms with Crippen LogP contribution in [-0.4, -0.2) is 34.0 Å². The van der Waals surface area contributed by atoms with Crippen LogP contribution in [0.5, 0.6) is 11.6 Å². The Labute approximate surface area is 229 Å². The molecule has 38 heavy (non-hydrogen) atoms. The molecule has 0 unspecified atom stereocenters. The van der Waals surface area contributed by atoms with E-state index < -0.39 is 11.0 Å². The van der Waals surface area contributed by atoms with Gasteiger partial charge in [0, 0.05) is 24.7 Å². The molecule has 0 aliphatic carbocycles. The Morgan fingerprint density at radius 2 is 1.61 bits per heavy atom. The molecule has 0 aliphatic heterocycles. The van der Waals surface area contributed by atoms with Gasteiger partial charge in [0.15, 0.2) is 0 Å². The fourth-order valence-corrected chi connectivity index (χ4v) is 5.00.